The van der Waals surface area contributed by atoms with Crippen molar-refractivity contribution in [3.63, 3.8) is 0 Å². The molecule has 3 heteroatoms. The van der Waals surface area contributed by atoms with Gasteiger partial charge < -0.3 is 5.32 Å². The zero-order chi connectivity index (χ0) is 15.2. The highest BCUT2D eigenvalue weighted by Gasteiger charge is 2.25. The molecule has 1 N–H and O–H groups in total. The van der Waals surface area contributed by atoms with Gasteiger partial charge in [-0.2, -0.15) is 0 Å². The fourth-order valence-corrected chi connectivity index (χ4v) is 3.65. The molecule has 0 aliphatic heterocycles. The zero-order valence-corrected chi connectivity index (χ0v) is 14.2. The van der Waals surface area contributed by atoms with Gasteiger partial charge in [-0.3, -0.25) is 0 Å². The third-order valence-corrected chi connectivity index (χ3v) is 4.84. The number of rotatable bonds is 6. The van der Waals surface area contributed by atoms with E-state index in [1.54, 1.807) is 0 Å². The zero-order valence-electron chi connectivity index (χ0n) is 14.2. The van der Waals surface area contributed by atoms with Crippen LogP contribution < -0.4 is 5.32 Å². The maximum atomic E-state index is 4.87. The summed E-state index contributed by atoms with van der Waals surface area (Å²) in [7, 11) is 0. The van der Waals surface area contributed by atoms with E-state index in [4.69, 9.17) is 9.97 Å². The first-order chi connectivity index (χ1) is 10.2. The first-order valence-corrected chi connectivity index (χ1v) is 8.80. The lowest BCUT2D eigenvalue weighted by molar-refractivity contribution is 0.302. The highest BCUT2D eigenvalue weighted by molar-refractivity contribution is 5.46. The van der Waals surface area contributed by atoms with Crippen molar-refractivity contribution in [1.82, 2.24) is 9.97 Å². The van der Waals surface area contributed by atoms with Crippen molar-refractivity contribution in [2.75, 3.05) is 11.9 Å². The molecule has 1 aromatic rings. The van der Waals surface area contributed by atoms with Crippen molar-refractivity contribution < 1.29 is 0 Å². The van der Waals surface area contributed by atoms with Crippen LogP contribution in [0.3, 0.4) is 0 Å². The Bertz CT molecular complexity index is 448. The Morgan fingerprint density at radius 2 is 1.76 bits per heavy atom. The second-order valence-corrected chi connectivity index (χ2v) is 6.38. The molecule has 0 amide bonds. The molecular formula is C18H31N3. The molecule has 0 unspecified atom stereocenters. The van der Waals surface area contributed by atoms with E-state index in [1.807, 2.05) is 0 Å². The van der Waals surface area contributed by atoms with Gasteiger partial charge >= 0.3 is 0 Å². The molecule has 1 saturated carbocycles. The fraction of sp³-hybridized carbons (Fsp3) is 0.778. The van der Waals surface area contributed by atoms with E-state index in [9.17, 15) is 0 Å². The van der Waals surface area contributed by atoms with Gasteiger partial charge in [-0.15, -0.1) is 0 Å². The maximum absolute atomic E-state index is 4.87. The van der Waals surface area contributed by atoms with Gasteiger partial charge in [0.25, 0.3) is 0 Å². The van der Waals surface area contributed by atoms with Crippen LogP contribution in [0.15, 0.2) is 0 Å². The molecule has 1 heterocycles. The van der Waals surface area contributed by atoms with Gasteiger partial charge in [-0.25, -0.2) is 9.97 Å². The topological polar surface area (TPSA) is 37.8 Å². The molecule has 1 aliphatic carbocycles. The van der Waals surface area contributed by atoms with E-state index in [1.165, 1.54) is 44.1 Å². The Morgan fingerprint density at radius 3 is 2.33 bits per heavy atom. The van der Waals surface area contributed by atoms with E-state index in [2.05, 4.69) is 33.0 Å². The van der Waals surface area contributed by atoms with Crippen LogP contribution in [0.5, 0.6) is 0 Å². The van der Waals surface area contributed by atoms with Gasteiger partial charge in [-0.05, 0) is 51.9 Å². The van der Waals surface area contributed by atoms with E-state index in [0.29, 0.717) is 5.92 Å². The van der Waals surface area contributed by atoms with Crippen LogP contribution in [0.4, 0.5) is 5.82 Å². The largest absolute Gasteiger partial charge is 0.370 e. The van der Waals surface area contributed by atoms with Crippen LogP contribution in [0.1, 0.15) is 82.3 Å². The van der Waals surface area contributed by atoms with Crippen LogP contribution >= 0.6 is 0 Å². The summed E-state index contributed by atoms with van der Waals surface area (Å²) in [6, 6.07) is 0. The summed E-state index contributed by atoms with van der Waals surface area (Å²) in [6.07, 6.45) is 8.95. The molecule has 0 spiro atoms. The molecule has 0 radical (unpaired) electrons. The van der Waals surface area contributed by atoms with Gasteiger partial charge in [0.15, 0.2) is 0 Å². The van der Waals surface area contributed by atoms with E-state index < -0.39 is 0 Å². The van der Waals surface area contributed by atoms with Gasteiger partial charge in [0.2, 0.25) is 0 Å². The van der Waals surface area contributed by atoms with Crippen molar-refractivity contribution in [3.05, 3.63) is 17.1 Å². The minimum atomic E-state index is 0.570. The Balaban J connectivity index is 2.13. The Kier molecular flexibility index (Phi) is 6.01. The van der Waals surface area contributed by atoms with Crippen LogP contribution in [-0.4, -0.2) is 16.5 Å². The third kappa shape index (κ3) is 3.96. The lowest BCUT2D eigenvalue weighted by atomic mass is 9.79. The van der Waals surface area contributed by atoms with Gasteiger partial charge in [0.1, 0.15) is 11.6 Å². The molecule has 118 valence electrons. The van der Waals surface area contributed by atoms with Gasteiger partial charge in [0, 0.05) is 23.7 Å². The number of aryl methyl sites for hydroxylation is 1. The summed E-state index contributed by atoms with van der Waals surface area (Å²) < 4.78 is 0. The quantitative estimate of drug-likeness (QED) is 0.813. The van der Waals surface area contributed by atoms with Crippen molar-refractivity contribution in [1.29, 1.82) is 0 Å². The lowest BCUT2D eigenvalue weighted by Gasteiger charge is -2.28. The second-order valence-electron chi connectivity index (χ2n) is 6.38. The van der Waals surface area contributed by atoms with Crippen molar-refractivity contribution in [2.45, 2.75) is 78.6 Å². The highest BCUT2D eigenvalue weighted by atomic mass is 15.0. The molecule has 0 saturated heterocycles. The minimum Gasteiger partial charge on any atom is -0.370 e. The first kappa shape index (κ1) is 16.3. The molecule has 21 heavy (non-hydrogen) atoms. The monoisotopic (exact) mass is 289 g/mol. The number of nitrogens with zero attached hydrogens (tertiary/aromatic N) is 2. The Labute approximate surface area is 130 Å². The summed E-state index contributed by atoms with van der Waals surface area (Å²) in [6.45, 7) is 9.67. The molecule has 0 atom stereocenters. The number of hydrogen-bond acceptors (Lipinski definition) is 3. The predicted molar refractivity (Wildman–Crippen MR) is 89.9 cm³/mol. The second kappa shape index (κ2) is 7.77. The molecule has 2 rings (SSSR count). The van der Waals surface area contributed by atoms with Crippen molar-refractivity contribution in [2.24, 2.45) is 5.92 Å². The van der Waals surface area contributed by atoms with Gasteiger partial charge in [-0.1, -0.05) is 26.7 Å². The summed E-state index contributed by atoms with van der Waals surface area (Å²) in [4.78, 5) is 9.70. The molecule has 0 bridgehead atoms. The number of aromatic nitrogens is 2. The standard InChI is InChI=1S/C18H31N3/c1-5-8-14-9-11-15(12-10-14)17-20-13(4)16(6-2)18(21-17)19-7-3/h14-15H,5-12H2,1-4H3,(H,19,20,21). The van der Waals surface area contributed by atoms with E-state index in [0.717, 1.165) is 36.2 Å². The van der Waals surface area contributed by atoms with E-state index in [-0.39, 0.29) is 0 Å². The average Bonchev–Trinajstić information content (AvgIpc) is 2.48. The summed E-state index contributed by atoms with van der Waals surface area (Å²) in [5.41, 5.74) is 2.44. The first-order valence-electron chi connectivity index (χ1n) is 8.80. The fourth-order valence-electron chi connectivity index (χ4n) is 3.65. The molecule has 1 aliphatic rings. The van der Waals surface area contributed by atoms with Crippen molar-refractivity contribution in [3.8, 4) is 0 Å². The van der Waals surface area contributed by atoms with E-state index >= 15 is 0 Å². The predicted octanol–water partition coefficient (Wildman–Crippen LogP) is 4.85. The Hall–Kier alpha value is -1.12. The van der Waals surface area contributed by atoms with Gasteiger partial charge in [0.05, 0.1) is 0 Å². The molecule has 1 aromatic heterocycles. The number of hydrogen-bond donors (Lipinski definition) is 1. The van der Waals surface area contributed by atoms with Crippen LogP contribution in [0.25, 0.3) is 0 Å². The van der Waals surface area contributed by atoms with Crippen LogP contribution in [0.2, 0.25) is 0 Å². The molecule has 0 aromatic carbocycles. The molecule has 1 fully saturated rings. The van der Waals surface area contributed by atoms with Crippen LogP contribution in [0, 0.1) is 12.8 Å². The minimum absolute atomic E-state index is 0.570. The van der Waals surface area contributed by atoms with Crippen LogP contribution in [-0.2, 0) is 6.42 Å². The smallest absolute Gasteiger partial charge is 0.134 e. The molecular weight excluding hydrogens is 258 g/mol. The normalized spacial score (nSPS) is 22.3. The average molecular weight is 289 g/mol. The number of nitrogens with one attached hydrogen (secondary N) is 1. The maximum Gasteiger partial charge on any atom is 0.134 e. The number of anilines is 1. The third-order valence-electron chi connectivity index (χ3n) is 4.84. The summed E-state index contributed by atoms with van der Waals surface area (Å²) in [5, 5.41) is 3.43. The summed E-state index contributed by atoms with van der Waals surface area (Å²) in [5.74, 6) is 3.66. The molecule has 3 nitrogen and oxygen atoms in total. The summed E-state index contributed by atoms with van der Waals surface area (Å²) >= 11 is 0. The SMILES string of the molecule is CCCC1CCC(c2nc(C)c(CC)c(NCC)n2)CC1. The Morgan fingerprint density at radius 1 is 1.05 bits per heavy atom. The van der Waals surface area contributed by atoms with Crippen molar-refractivity contribution >= 4 is 5.82 Å². The highest BCUT2D eigenvalue weighted by Crippen LogP contribution is 2.37. The lowest BCUT2D eigenvalue weighted by Crippen LogP contribution is -2.17.